The van der Waals surface area contributed by atoms with Gasteiger partial charge < -0.3 is 19.9 Å². The van der Waals surface area contributed by atoms with Gasteiger partial charge in [-0.1, -0.05) is 75.2 Å². The van der Waals surface area contributed by atoms with Crippen LogP contribution >= 0.6 is 0 Å². The van der Waals surface area contributed by atoms with Crippen LogP contribution in [-0.4, -0.2) is 77.7 Å². The molecule has 1 aliphatic heterocycles. The molecule has 3 aromatic carbocycles. The van der Waals surface area contributed by atoms with E-state index in [-0.39, 0.29) is 39.9 Å². The molecule has 1 aromatic heterocycles. The quantitative estimate of drug-likeness (QED) is 0.139. The number of ketones is 1. The second-order valence-electron chi connectivity index (χ2n) is 12.4. The zero-order valence-corrected chi connectivity index (χ0v) is 29.3. The molecule has 0 aliphatic carbocycles. The van der Waals surface area contributed by atoms with Crippen molar-refractivity contribution in [2.45, 2.75) is 72.4 Å². The van der Waals surface area contributed by atoms with Gasteiger partial charge in [0.2, 0.25) is 9.68 Å². The summed E-state index contributed by atoms with van der Waals surface area (Å²) in [5.74, 6) is -0.298. The summed E-state index contributed by atoms with van der Waals surface area (Å²) in [5.41, 5.74) is 5.70. The van der Waals surface area contributed by atoms with E-state index in [0.717, 1.165) is 53.4 Å². The van der Waals surface area contributed by atoms with Crippen molar-refractivity contribution in [3.63, 3.8) is 0 Å². The molecule has 2 radical (unpaired) electrons. The molecular weight excluding hydrogens is 619 g/mol. The van der Waals surface area contributed by atoms with Gasteiger partial charge in [-0.25, -0.2) is 4.68 Å². The molecule has 0 fully saturated rings. The van der Waals surface area contributed by atoms with E-state index in [1.54, 1.807) is 22.6 Å². The van der Waals surface area contributed by atoms with Crippen LogP contribution in [0.15, 0.2) is 72.8 Å². The molecule has 0 bridgehead atoms. The summed E-state index contributed by atoms with van der Waals surface area (Å²) in [6.07, 6.45) is 4.41. The SMILES string of the molecule is CCCCN(CCCC)C(=O)c1cc(C)n(-c2ccc(N[Si]c3ccc(C(C)=O)cc3)cc2C(=O)N2Cc3ccccc3C[C@H]2CO)n1. The normalized spacial score (nSPS) is 14.0. The van der Waals surface area contributed by atoms with Crippen LogP contribution in [0.25, 0.3) is 5.69 Å². The van der Waals surface area contributed by atoms with Gasteiger partial charge in [-0.15, -0.1) is 0 Å². The molecule has 2 amide bonds. The summed E-state index contributed by atoms with van der Waals surface area (Å²) >= 11 is 0. The van der Waals surface area contributed by atoms with E-state index in [1.165, 1.54) is 0 Å². The summed E-state index contributed by atoms with van der Waals surface area (Å²) in [7, 11) is 0.198. The number of aromatic nitrogens is 2. The predicted molar refractivity (Wildman–Crippen MR) is 190 cm³/mol. The number of nitrogens with one attached hydrogen (secondary N) is 1. The highest BCUT2D eigenvalue weighted by molar-refractivity contribution is 6.56. The lowest BCUT2D eigenvalue weighted by atomic mass is 9.93. The maximum atomic E-state index is 14.5. The Kier molecular flexibility index (Phi) is 11.6. The maximum Gasteiger partial charge on any atom is 0.274 e. The van der Waals surface area contributed by atoms with Crippen molar-refractivity contribution in [1.82, 2.24) is 19.6 Å². The van der Waals surface area contributed by atoms with Crippen LogP contribution in [0.1, 0.15) is 94.5 Å². The van der Waals surface area contributed by atoms with Crippen molar-refractivity contribution < 1.29 is 19.5 Å². The highest BCUT2D eigenvalue weighted by atomic mass is 28.2. The smallest absolute Gasteiger partial charge is 0.274 e. The van der Waals surface area contributed by atoms with Crippen LogP contribution in [0.3, 0.4) is 0 Å². The molecule has 0 unspecified atom stereocenters. The number of aliphatic hydroxyl groups is 1. The minimum Gasteiger partial charge on any atom is -0.408 e. The van der Waals surface area contributed by atoms with Crippen LogP contribution in [0.4, 0.5) is 5.69 Å². The first-order valence-electron chi connectivity index (χ1n) is 16.9. The lowest BCUT2D eigenvalue weighted by molar-refractivity contribution is 0.0544. The molecule has 1 atom stereocenters. The van der Waals surface area contributed by atoms with E-state index < -0.39 is 0 Å². The number of carbonyl (C=O) groups excluding carboxylic acids is 3. The lowest BCUT2D eigenvalue weighted by Crippen LogP contribution is -2.46. The van der Waals surface area contributed by atoms with Crippen molar-refractivity contribution in [2.24, 2.45) is 0 Å². The molecule has 48 heavy (non-hydrogen) atoms. The van der Waals surface area contributed by atoms with Gasteiger partial charge >= 0.3 is 0 Å². The molecular formula is C38H45N5O4Si. The molecule has 9 nitrogen and oxygen atoms in total. The standard InChI is InChI=1S/C38H45N5O4Si/c1-5-7-19-41(20-8-6-2)38(47)35-21-26(3)43(39-35)36-18-15-31(40-48-33-16-13-28(14-17-33)27(4)45)23-34(36)37(46)42-24-30-12-10-9-11-29(30)22-32(42)25-44/h9-18,21,23,32,40,44H,5-8,19-20,22,24-25H2,1-4H3/t32-/m0/s1. The molecule has 4 aromatic rings. The number of hydrogen-bond donors (Lipinski definition) is 2. The van der Waals surface area contributed by atoms with Crippen molar-refractivity contribution in [3.8, 4) is 5.69 Å². The lowest BCUT2D eigenvalue weighted by Gasteiger charge is -2.36. The molecule has 250 valence electrons. The maximum absolute atomic E-state index is 14.5. The fourth-order valence-electron chi connectivity index (χ4n) is 6.04. The fourth-order valence-corrected chi connectivity index (χ4v) is 6.82. The topological polar surface area (TPSA) is 108 Å². The van der Waals surface area contributed by atoms with E-state index in [0.29, 0.717) is 48.6 Å². The van der Waals surface area contributed by atoms with Gasteiger partial charge in [0.05, 0.1) is 23.9 Å². The van der Waals surface area contributed by atoms with Crippen molar-refractivity contribution in [3.05, 3.63) is 106 Å². The van der Waals surface area contributed by atoms with Gasteiger partial charge in [0, 0.05) is 36.6 Å². The van der Waals surface area contributed by atoms with E-state index >= 15 is 0 Å². The molecule has 10 heteroatoms. The highest BCUT2D eigenvalue weighted by Gasteiger charge is 2.32. The monoisotopic (exact) mass is 663 g/mol. The number of benzene rings is 3. The summed E-state index contributed by atoms with van der Waals surface area (Å²) in [6, 6.07) is 22.6. The van der Waals surface area contributed by atoms with E-state index in [2.05, 4.69) is 24.9 Å². The Morgan fingerprint density at radius 1 is 0.958 bits per heavy atom. The van der Waals surface area contributed by atoms with Crippen LogP contribution < -0.4 is 10.2 Å². The Morgan fingerprint density at radius 2 is 1.65 bits per heavy atom. The number of aliphatic hydroxyl groups excluding tert-OH is 1. The second kappa shape index (κ2) is 16.0. The number of rotatable bonds is 14. The average Bonchev–Trinajstić information content (AvgIpc) is 3.50. The Hall–Kier alpha value is -4.54. The van der Waals surface area contributed by atoms with Crippen LogP contribution in [0, 0.1) is 6.92 Å². The van der Waals surface area contributed by atoms with Crippen LogP contribution in [0.2, 0.25) is 0 Å². The molecule has 0 spiro atoms. The van der Waals surface area contributed by atoms with Gasteiger partial charge in [0.25, 0.3) is 11.8 Å². The number of aryl methyl sites for hydroxylation is 1. The zero-order chi connectivity index (χ0) is 34.2. The molecule has 0 saturated heterocycles. The molecule has 5 rings (SSSR count). The first-order valence-corrected chi connectivity index (χ1v) is 17.9. The van der Waals surface area contributed by atoms with E-state index in [4.69, 9.17) is 5.10 Å². The molecule has 2 N–H and O–H groups in total. The van der Waals surface area contributed by atoms with Crippen molar-refractivity contribution in [1.29, 1.82) is 0 Å². The fraction of sp³-hybridized carbons (Fsp3) is 0.368. The number of nitrogens with zero attached hydrogens (tertiary/aromatic N) is 4. The third-order valence-corrected chi connectivity index (χ3v) is 9.92. The predicted octanol–water partition coefficient (Wildman–Crippen LogP) is 5.34. The van der Waals surface area contributed by atoms with Crippen LogP contribution in [0.5, 0.6) is 0 Å². The Morgan fingerprint density at radius 3 is 2.29 bits per heavy atom. The number of fused-ring (bicyclic) bond motifs is 1. The van der Waals surface area contributed by atoms with Crippen molar-refractivity contribution >= 4 is 38.2 Å². The average molecular weight is 664 g/mol. The molecule has 1 aliphatic rings. The van der Waals surface area contributed by atoms with Gasteiger partial charge in [0.15, 0.2) is 11.5 Å². The first-order chi connectivity index (χ1) is 23.2. The largest absolute Gasteiger partial charge is 0.408 e. The summed E-state index contributed by atoms with van der Waals surface area (Å²) in [4.78, 5) is 47.0. The third-order valence-electron chi connectivity index (χ3n) is 8.88. The van der Waals surface area contributed by atoms with Gasteiger partial charge in [-0.2, -0.15) is 5.10 Å². The summed E-state index contributed by atoms with van der Waals surface area (Å²) in [6.45, 7) is 9.27. The number of carbonyl (C=O) groups is 3. The Balaban J connectivity index is 1.50. The number of Topliss-reactive ketones (excluding diaryl/α,β-unsaturated/α-hetero) is 1. The van der Waals surface area contributed by atoms with Gasteiger partial charge in [-0.05, 0) is 73.7 Å². The first kappa shape index (κ1) is 34.8. The Labute approximate surface area is 285 Å². The third kappa shape index (κ3) is 7.94. The molecule has 0 saturated carbocycles. The van der Waals surface area contributed by atoms with E-state index in [1.807, 2.05) is 72.5 Å². The Bertz CT molecular complexity index is 1740. The second-order valence-corrected chi connectivity index (χ2v) is 13.5. The van der Waals surface area contributed by atoms with Gasteiger partial charge in [-0.3, -0.25) is 14.4 Å². The molecule has 2 heterocycles. The number of hydrogen-bond acceptors (Lipinski definition) is 6. The van der Waals surface area contributed by atoms with E-state index in [9.17, 15) is 19.5 Å². The number of unbranched alkanes of at least 4 members (excludes halogenated alkanes) is 2. The number of amides is 2. The van der Waals surface area contributed by atoms with Gasteiger partial charge in [0.1, 0.15) is 0 Å². The summed E-state index contributed by atoms with van der Waals surface area (Å²) < 4.78 is 1.69. The van der Waals surface area contributed by atoms with Crippen molar-refractivity contribution in [2.75, 3.05) is 24.7 Å². The zero-order valence-electron chi connectivity index (χ0n) is 28.3. The minimum atomic E-state index is -0.375. The van der Waals surface area contributed by atoms with Crippen LogP contribution in [-0.2, 0) is 13.0 Å². The minimum absolute atomic E-state index is 0.0199. The summed E-state index contributed by atoms with van der Waals surface area (Å²) in [5, 5.41) is 16.2. The highest BCUT2D eigenvalue weighted by Crippen LogP contribution is 2.29. The number of anilines is 1.